The highest BCUT2D eigenvalue weighted by Crippen LogP contribution is 2.48. The molecule has 40 heavy (non-hydrogen) atoms. The minimum atomic E-state index is 0.297. The van der Waals surface area contributed by atoms with E-state index >= 15 is 0 Å². The molecule has 6 aliphatic rings. The molecular weight excluding hydrogens is 722 g/mol. The van der Waals surface area contributed by atoms with Gasteiger partial charge in [0.15, 0.2) is 0 Å². The van der Waals surface area contributed by atoms with Gasteiger partial charge in [0.2, 0.25) is 0 Å². The number of hydrogen-bond acceptors (Lipinski definition) is 3. The van der Waals surface area contributed by atoms with Gasteiger partial charge in [0.05, 0.1) is 24.4 Å². The summed E-state index contributed by atoms with van der Waals surface area (Å²) < 4.78 is 14.6. The van der Waals surface area contributed by atoms with Gasteiger partial charge in [-0.25, -0.2) is 0 Å². The topological polar surface area (TPSA) is 35.5 Å². The van der Waals surface area contributed by atoms with Crippen molar-refractivity contribution >= 4 is 51.0 Å². The summed E-state index contributed by atoms with van der Waals surface area (Å²) in [7, 11) is 0. The van der Waals surface area contributed by atoms with E-state index in [1.807, 2.05) is 0 Å². The van der Waals surface area contributed by atoms with Gasteiger partial charge in [-0.15, -0.1) is 0 Å². The molecule has 0 heterocycles. The second-order valence-corrected chi connectivity index (χ2v) is 18.4. The zero-order chi connectivity index (χ0) is 27.5. The predicted octanol–water partition coefficient (Wildman–Crippen LogP) is 10.0. The SMILES string of the molecule is O=C(C1CCC(OC2CCC(OC3CCC(C4CCC5CCCCC5C4)CC3)CC2)CC1)C1CC(I)CCC1I. The maximum atomic E-state index is 13.3. The van der Waals surface area contributed by atoms with Crippen LogP contribution in [0, 0.1) is 35.5 Å². The molecule has 6 unspecified atom stereocenters. The second-order valence-electron chi connectivity index (χ2n) is 15.0. The first-order valence-corrected chi connectivity index (χ1v) is 20.1. The van der Waals surface area contributed by atoms with Crippen LogP contribution in [0.4, 0.5) is 0 Å². The van der Waals surface area contributed by atoms with E-state index in [0.717, 1.165) is 55.8 Å². The molecule has 6 saturated carbocycles. The first-order chi connectivity index (χ1) is 19.5. The Balaban J connectivity index is 0.853. The maximum Gasteiger partial charge on any atom is 0.140 e. The number of ether oxygens (including phenoxy) is 2. The molecule has 0 spiro atoms. The number of rotatable bonds is 7. The van der Waals surface area contributed by atoms with Crippen molar-refractivity contribution in [2.45, 2.75) is 174 Å². The van der Waals surface area contributed by atoms with Gasteiger partial charge >= 0.3 is 0 Å². The van der Waals surface area contributed by atoms with Crippen molar-refractivity contribution in [1.29, 1.82) is 0 Å². The smallest absolute Gasteiger partial charge is 0.140 e. The number of alkyl halides is 2. The Bertz CT molecular complexity index is 796. The molecular formula is C35H56I2O3. The molecule has 6 aliphatic carbocycles. The number of carbonyl (C=O) groups is 1. The first kappa shape index (κ1) is 31.0. The predicted molar refractivity (Wildman–Crippen MR) is 180 cm³/mol. The molecule has 0 saturated heterocycles. The van der Waals surface area contributed by atoms with Crippen LogP contribution in [0.3, 0.4) is 0 Å². The van der Waals surface area contributed by atoms with E-state index in [1.165, 1.54) is 103 Å². The minimum Gasteiger partial charge on any atom is -0.375 e. The van der Waals surface area contributed by atoms with Crippen LogP contribution in [0.1, 0.15) is 141 Å². The summed E-state index contributed by atoms with van der Waals surface area (Å²) in [5.74, 6) is 5.37. The van der Waals surface area contributed by atoms with Crippen LogP contribution in [0.5, 0.6) is 0 Å². The molecule has 0 aromatic heterocycles. The number of carbonyl (C=O) groups excluding carboxylic acids is 1. The Morgan fingerprint density at radius 2 is 0.925 bits per heavy atom. The fraction of sp³-hybridized carbons (Fsp3) is 0.971. The van der Waals surface area contributed by atoms with Crippen molar-refractivity contribution in [3.05, 3.63) is 0 Å². The Hall–Kier alpha value is 1.05. The molecule has 0 aromatic rings. The molecule has 6 fully saturated rings. The first-order valence-electron chi connectivity index (χ1n) is 17.6. The van der Waals surface area contributed by atoms with Gasteiger partial charge in [0, 0.05) is 19.7 Å². The summed E-state index contributed by atoms with van der Waals surface area (Å²) in [6.45, 7) is 0. The summed E-state index contributed by atoms with van der Waals surface area (Å²) in [5, 5.41) is 0. The van der Waals surface area contributed by atoms with Gasteiger partial charge in [-0.3, -0.25) is 4.79 Å². The Morgan fingerprint density at radius 1 is 0.475 bits per heavy atom. The average molecular weight is 779 g/mol. The van der Waals surface area contributed by atoms with Gasteiger partial charge in [-0.1, -0.05) is 70.9 Å². The number of halogens is 2. The van der Waals surface area contributed by atoms with Crippen molar-refractivity contribution in [2.75, 3.05) is 0 Å². The molecule has 6 rings (SSSR count). The lowest BCUT2D eigenvalue weighted by molar-refractivity contribution is -0.130. The lowest BCUT2D eigenvalue weighted by atomic mass is 9.63. The standard InChI is InChI=1S/C35H56I2O3/c36-28-11-20-34(37)33(22-28)35(38)25-9-14-30(15-10-25)40-32-18-16-31(17-19-32)39-29-12-7-24(8-13-29)27-6-5-23-3-1-2-4-26(23)21-27/h23-34H,1-22H2. The van der Waals surface area contributed by atoms with Gasteiger partial charge in [0.25, 0.3) is 0 Å². The highest BCUT2D eigenvalue weighted by molar-refractivity contribution is 14.1. The van der Waals surface area contributed by atoms with Gasteiger partial charge < -0.3 is 9.47 Å². The van der Waals surface area contributed by atoms with Gasteiger partial charge in [-0.2, -0.15) is 0 Å². The number of Topliss-reactive ketones (excluding diaryl/α,β-unsaturated/α-hetero) is 1. The number of fused-ring (bicyclic) bond motifs is 1. The van der Waals surface area contributed by atoms with E-state index in [9.17, 15) is 4.79 Å². The molecule has 0 aliphatic heterocycles. The lowest BCUT2D eigenvalue weighted by Gasteiger charge is -2.44. The fourth-order valence-corrected chi connectivity index (χ4v) is 12.0. The maximum absolute atomic E-state index is 13.3. The third-order valence-electron chi connectivity index (χ3n) is 12.5. The summed E-state index contributed by atoms with van der Waals surface area (Å²) in [4.78, 5) is 13.3. The van der Waals surface area contributed by atoms with Crippen LogP contribution in [0.15, 0.2) is 0 Å². The van der Waals surface area contributed by atoms with Crippen LogP contribution in [0.2, 0.25) is 0 Å². The summed E-state index contributed by atoms with van der Waals surface area (Å²) in [6, 6.07) is 0. The summed E-state index contributed by atoms with van der Waals surface area (Å²) in [5.41, 5.74) is 0. The number of ketones is 1. The third kappa shape index (κ3) is 8.00. The quantitative estimate of drug-likeness (QED) is 0.191. The van der Waals surface area contributed by atoms with Crippen molar-refractivity contribution in [3.8, 4) is 0 Å². The highest BCUT2D eigenvalue weighted by atomic mass is 127. The summed E-state index contributed by atoms with van der Waals surface area (Å²) in [6.07, 6.45) is 30.5. The fourth-order valence-electron chi connectivity index (χ4n) is 10.0. The van der Waals surface area contributed by atoms with E-state index in [4.69, 9.17) is 9.47 Å². The van der Waals surface area contributed by atoms with Crippen LogP contribution < -0.4 is 0 Å². The molecule has 0 aromatic carbocycles. The minimum absolute atomic E-state index is 0.297. The van der Waals surface area contributed by atoms with Gasteiger partial charge in [0.1, 0.15) is 5.78 Å². The largest absolute Gasteiger partial charge is 0.375 e. The van der Waals surface area contributed by atoms with Gasteiger partial charge in [-0.05, 0) is 139 Å². The van der Waals surface area contributed by atoms with E-state index in [1.54, 1.807) is 6.42 Å². The molecule has 0 N–H and O–H groups in total. The Kier molecular flexibility index (Phi) is 11.6. The molecule has 0 bridgehead atoms. The van der Waals surface area contributed by atoms with Crippen LogP contribution in [0.25, 0.3) is 0 Å². The monoisotopic (exact) mass is 778 g/mol. The molecule has 6 atom stereocenters. The Morgan fingerprint density at radius 3 is 1.55 bits per heavy atom. The lowest BCUT2D eigenvalue weighted by Crippen LogP contribution is -2.38. The zero-order valence-electron chi connectivity index (χ0n) is 25.0. The van der Waals surface area contributed by atoms with Crippen molar-refractivity contribution in [2.24, 2.45) is 35.5 Å². The van der Waals surface area contributed by atoms with Crippen LogP contribution in [-0.2, 0) is 14.3 Å². The normalized spacial score (nSPS) is 46.9. The second kappa shape index (κ2) is 14.9. The van der Waals surface area contributed by atoms with Crippen LogP contribution in [-0.4, -0.2) is 38.0 Å². The highest BCUT2D eigenvalue weighted by Gasteiger charge is 2.39. The van der Waals surface area contributed by atoms with E-state index in [0.29, 0.717) is 49.9 Å². The van der Waals surface area contributed by atoms with E-state index < -0.39 is 0 Å². The van der Waals surface area contributed by atoms with E-state index in [2.05, 4.69) is 45.2 Å². The molecule has 0 amide bonds. The average Bonchev–Trinajstić information content (AvgIpc) is 2.99. The zero-order valence-corrected chi connectivity index (χ0v) is 29.3. The molecule has 228 valence electrons. The molecule has 5 heteroatoms. The summed E-state index contributed by atoms with van der Waals surface area (Å²) >= 11 is 5.12. The Labute approximate surface area is 272 Å². The van der Waals surface area contributed by atoms with Crippen molar-refractivity contribution in [3.63, 3.8) is 0 Å². The van der Waals surface area contributed by atoms with Crippen molar-refractivity contribution < 1.29 is 14.3 Å². The third-order valence-corrected chi connectivity index (χ3v) is 15.1. The van der Waals surface area contributed by atoms with Crippen LogP contribution >= 0.6 is 45.2 Å². The van der Waals surface area contributed by atoms with E-state index in [-0.39, 0.29) is 0 Å². The number of hydrogen-bond donors (Lipinski definition) is 0. The molecule has 0 radical (unpaired) electrons. The molecule has 3 nitrogen and oxygen atoms in total. The van der Waals surface area contributed by atoms with Crippen molar-refractivity contribution in [1.82, 2.24) is 0 Å².